The number of nitro benzene ring substituents is 1. The van der Waals surface area contributed by atoms with Gasteiger partial charge in [0.15, 0.2) is 11.6 Å². The number of anilines is 1. The maximum Gasteiger partial charge on any atom is 0.294 e. The van der Waals surface area contributed by atoms with Gasteiger partial charge in [-0.25, -0.2) is 10.1 Å². The summed E-state index contributed by atoms with van der Waals surface area (Å²) in [6, 6.07) is 11.3. The number of hydrogen-bond acceptors (Lipinski definition) is 10. The highest BCUT2D eigenvalue weighted by molar-refractivity contribution is 5.78. The number of hydrogen-bond donors (Lipinski definition) is 4. The Bertz CT molecular complexity index is 1580. The zero-order chi connectivity index (χ0) is 28.1. The van der Waals surface area contributed by atoms with Crippen molar-refractivity contribution in [3.05, 3.63) is 86.8 Å². The number of nitrogens with one attached hydrogen (secondary N) is 3. The number of rotatable bonds is 10. The van der Waals surface area contributed by atoms with E-state index in [-0.39, 0.29) is 47.7 Å². The monoisotopic (exact) mass is 530 g/mol. The van der Waals surface area contributed by atoms with Crippen molar-refractivity contribution in [1.29, 1.82) is 0 Å². The quantitative estimate of drug-likeness (QED) is 0.174. The van der Waals surface area contributed by atoms with Gasteiger partial charge in [0.1, 0.15) is 6.54 Å². The van der Waals surface area contributed by atoms with E-state index in [4.69, 9.17) is 5.73 Å². The highest BCUT2D eigenvalue weighted by Gasteiger charge is 2.20. The van der Waals surface area contributed by atoms with E-state index >= 15 is 0 Å². The second-order valence-corrected chi connectivity index (χ2v) is 8.96. The minimum Gasteiger partial charge on any atom is -0.399 e. The highest BCUT2D eigenvalue weighted by Crippen LogP contribution is 2.29. The summed E-state index contributed by atoms with van der Waals surface area (Å²) in [5.74, 6) is -0.205. The van der Waals surface area contributed by atoms with Gasteiger partial charge < -0.3 is 16.4 Å². The number of nitrogens with zero attached hydrogens (tertiary/aromatic N) is 6. The fraction of sp³-hybridized carbons (Fsp3) is 0.200. The fourth-order valence-corrected chi connectivity index (χ4v) is 3.77. The molecule has 2 heterocycles. The Morgan fingerprint density at radius 1 is 1.21 bits per heavy atom. The standard InChI is InChI=1S/C25H26N10O4/c1-14(2)29-24-25(37)34(13-22(36)27-11-16-4-6-17(7-5-16)15(3)26)21(12-28-24)18-8-19(23-30-32-33-31-23)10-20(9-18)35(38)39/h4-10,12,14H,3,11,13,26H2,1-2H3,(H,27,36)(H,28,29)(H,30,31,32,33). The van der Waals surface area contributed by atoms with Gasteiger partial charge in [-0.3, -0.25) is 24.3 Å². The van der Waals surface area contributed by atoms with Crippen molar-refractivity contribution in [3.63, 3.8) is 0 Å². The molecule has 0 fully saturated rings. The molecule has 4 aromatic rings. The largest absolute Gasteiger partial charge is 0.399 e. The third-order valence-corrected chi connectivity index (χ3v) is 5.64. The van der Waals surface area contributed by atoms with Gasteiger partial charge in [-0.05, 0) is 41.5 Å². The van der Waals surface area contributed by atoms with Crippen LogP contribution in [0.4, 0.5) is 11.5 Å². The second kappa shape index (κ2) is 11.3. The molecule has 14 heteroatoms. The molecular weight excluding hydrogens is 504 g/mol. The number of nitro groups is 1. The summed E-state index contributed by atoms with van der Waals surface area (Å²) >= 11 is 0. The van der Waals surface area contributed by atoms with Gasteiger partial charge in [0.05, 0.1) is 16.8 Å². The van der Waals surface area contributed by atoms with Crippen LogP contribution in [0.5, 0.6) is 0 Å². The molecule has 0 spiro atoms. The van der Waals surface area contributed by atoms with E-state index in [9.17, 15) is 19.7 Å². The molecule has 0 aliphatic carbocycles. The van der Waals surface area contributed by atoms with Crippen LogP contribution in [0.3, 0.4) is 0 Å². The number of tetrazole rings is 1. The van der Waals surface area contributed by atoms with Gasteiger partial charge >= 0.3 is 0 Å². The third kappa shape index (κ3) is 6.30. The van der Waals surface area contributed by atoms with Crippen molar-refractivity contribution >= 4 is 23.1 Å². The lowest BCUT2D eigenvalue weighted by atomic mass is 10.1. The number of carbonyl (C=O) groups is 1. The van der Waals surface area contributed by atoms with Crippen LogP contribution in [0.15, 0.2) is 60.0 Å². The molecule has 0 aliphatic rings. The Balaban J connectivity index is 1.70. The van der Waals surface area contributed by atoms with Crippen molar-refractivity contribution in [3.8, 4) is 22.6 Å². The van der Waals surface area contributed by atoms with Crippen molar-refractivity contribution in [2.75, 3.05) is 5.32 Å². The van der Waals surface area contributed by atoms with Gasteiger partial charge in [-0.1, -0.05) is 30.8 Å². The molecule has 0 saturated heterocycles. The molecular formula is C25H26N10O4. The van der Waals surface area contributed by atoms with Gasteiger partial charge in [0, 0.05) is 41.5 Å². The summed E-state index contributed by atoms with van der Waals surface area (Å²) in [6.45, 7) is 7.23. The van der Waals surface area contributed by atoms with E-state index in [0.29, 0.717) is 11.3 Å². The molecule has 39 heavy (non-hydrogen) atoms. The molecule has 0 aliphatic heterocycles. The average Bonchev–Trinajstić information content (AvgIpc) is 3.45. The Morgan fingerprint density at radius 3 is 2.54 bits per heavy atom. The molecule has 0 saturated carbocycles. The van der Waals surface area contributed by atoms with Crippen molar-refractivity contribution in [2.45, 2.75) is 33.0 Å². The zero-order valence-corrected chi connectivity index (χ0v) is 21.2. The van der Waals surface area contributed by atoms with Gasteiger partial charge in [-0.2, -0.15) is 0 Å². The first-order valence-corrected chi connectivity index (χ1v) is 11.8. The minimum absolute atomic E-state index is 0.0456. The molecule has 200 valence electrons. The van der Waals surface area contributed by atoms with Crippen LogP contribution in [0.25, 0.3) is 28.3 Å². The molecule has 14 nitrogen and oxygen atoms in total. The van der Waals surface area contributed by atoms with Gasteiger partial charge in [0.25, 0.3) is 11.2 Å². The molecule has 0 radical (unpaired) electrons. The first-order chi connectivity index (χ1) is 18.6. The van der Waals surface area contributed by atoms with E-state index in [0.717, 1.165) is 11.1 Å². The highest BCUT2D eigenvalue weighted by atomic mass is 16.6. The summed E-state index contributed by atoms with van der Waals surface area (Å²) in [5, 5.41) is 30.8. The molecule has 4 rings (SSSR count). The van der Waals surface area contributed by atoms with E-state index < -0.39 is 16.4 Å². The van der Waals surface area contributed by atoms with Crippen LogP contribution in [0, 0.1) is 10.1 Å². The van der Waals surface area contributed by atoms with Crippen LogP contribution < -0.4 is 21.9 Å². The van der Waals surface area contributed by atoms with E-state index in [1.165, 1.54) is 22.9 Å². The lowest BCUT2D eigenvalue weighted by molar-refractivity contribution is -0.384. The summed E-state index contributed by atoms with van der Waals surface area (Å²) in [7, 11) is 0. The molecule has 0 atom stereocenters. The number of benzene rings is 2. The third-order valence-electron chi connectivity index (χ3n) is 5.64. The van der Waals surface area contributed by atoms with Crippen molar-refractivity contribution in [1.82, 2.24) is 35.5 Å². The van der Waals surface area contributed by atoms with Crippen LogP contribution >= 0.6 is 0 Å². The normalized spacial score (nSPS) is 10.8. The summed E-state index contributed by atoms with van der Waals surface area (Å²) in [6.07, 6.45) is 1.39. The minimum atomic E-state index is -0.570. The maximum atomic E-state index is 13.4. The van der Waals surface area contributed by atoms with Gasteiger partial charge in [-0.15, -0.1) is 5.10 Å². The molecule has 0 unspecified atom stereocenters. The molecule has 2 aromatic carbocycles. The lowest BCUT2D eigenvalue weighted by Gasteiger charge is -2.16. The molecule has 2 aromatic heterocycles. The SMILES string of the molecule is C=C(N)c1ccc(CNC(=O)Cn2c(-c3cc(-c4nnn[nH]4)cc([N+](=O)[O-])c3)cnc(NC(C)C)c2=O)cc1. The number of H-pyrrole nitrogens is 1. The Morgan fingerprint density at radius 2 is 1.92 bits per heavy atom. The van der Waals surface area contributed by atoms with Crippen LogP contribution in [0.1, 0.15) is 25.0 Å². The van der Waals surface area contributed by atoms with E-state index in [1.54, 1.807) is 18.2 Å². The summed E-state index contributed by atoms with van der Waals surface area (Å²) in [5.41, 5.74) is 7.72. The second-order valence-electron chi connectivity index (χ2n) is 8.96. The first-order valence-electron chi connectivity index (χ1n) is 11.8. The average molecular weight is 531 g/mol. The molecule has 1 amide bonds. The number of nitrogens with two attached hydrogens (primary N) is 1. The van der Waals surface area contributed by atoms with Crippen molar-refractivity contribution < 1.29 is 9.72 Å². The predicted octanol–water partition coefficient (Wildman–Crippen LogP) is 2.06. The first kappa shape index (κ1) is 26.7. The smallest absolute Gasteiger partial charge is 0.294 e. The van der Waals surface area contributed by atoms with Gasteiger partial charge in [0.2, 0.25) is 5.91 Å². The number of aromatic nitrogens is 6. The van der Waals surface area contributed by atoms with Crippen molar-refractivity contribution in [2.24, 2.45) is 5.73 Å². The Hall–Kier alpha value is -5.40. The number of carbonyl (C=O) groups excluding carboxylic acids is 1. The zero-order valence-electron chi connectivity index (χ0n) is 21.2. The summed E-state index contributed by atoms with van der Waals surface area (Å²) in [4.78, 5) is 41.7. The topological polar surface area (TPSA) is 200 Å². The number of non-ortho nitro benzene ring substituents is 1. The molecule has 5 N–H and O–H groups in total. The Labute approximate surface area is 222 Å². The van der Waals surface area contributed by atoms with Crippen LogP contribution in [0.2, 0.25) is 0 Å². The Kier molecular flexibility index (Phi) is 7.74. The van der Waals surface area contributed by atoms with Crippen LogP contribution in [-0.4, -0.2) is 47.0 Å². The summed E-state index contributed by atoms with van der Waals surface area (Å²) < 4.78 is 1.22. The maximum absolute atomic E-state index is 13.4. The molecule has 0 bridgehead atoms. The number of amides is 1. The predicted molar refractivity (Wildman–Crippen MR) is 144 cm³/mol. The van der Waals surface area contributed by atoms with Crippen LogP contribution in [-0.2, 0) is 17.9 Å². The number of aromatic amines is 1. The lowest BCUT2D eigenvalue weighted by Crippen LogP contribution is -2.35. The van der Waals surface area contributed by atoms with E-state index in [1.807, 2.05) is 26.0 Å². The fourth-order valence-electron chi connectivity index (χ4n) is 3.77. The van der Waals surface area contributed by atoms with E-state index in [2.05, 4.69) is 42.8 Å².